The van der Waals surface area contributed by atoms with Crippen LogP contribution in [0.25, 0.3) is 0 Å². The number of ether oxygens (including phenoxy) is 1. The molecule has 32 heavy (non-hydrogen) atoms. The zero-order valence-corrected chi connectivity index (χ0v) is 19.6. The van der Waals surface area contributed by atoms with E-state index in [0.29, 0.717) is 37.2 Å². The van der Waals surface area contributed by atoms with Gasteiger partial charge in [0.25, 0.3) is 5.91 Å². The number of nitrogens with zero attached hydrogens (tertiary/aromatic N) is 2. The first-order valence-electron chi connectivity index (χ1n) is 11.0. The summed E-state index contributed by atoms with van der Waals surface area (Å²) in [6.45, 7) is 7.07. The Morgan fingerprint density at radius 1 is 1.06 bits per heavy atom. The molecule has 1 aliphatic heterocycles. The van der Waals surface area contributed by atoms with Crippen molar-refractivity contribution < 1.29 is 22.3 Å². The van der Waals surface area contributed by atoms with E-state index >= 15 is 0 Å². The standard InChI is InChI=1S/C24H31FN2O4S/c1-4-26-15-9-10-16-27(32(29,30)23-14-8-6-12-20(23)25)21(18(2)3)17-31-22-13-7-5-11-19(22)24(26)28/h5-8,11-14,18,21H,4,9-10,15-17H2,1-3H3/t21-/m1/s1. The van der Waals surface area contributed by atoms with E-state index in [4.69, 9.17) is 4.74 Å². The molecular formula is C24H31FN2O4S. The number of carbonyl (C=O) groups is 1. The maximum atomic E-state index is 14.5. The molecule has 8 heteroatoms. The SMILES string of the molecule is CCN1CCCCN(S(=O)(=O)c2ccccc2F)[C@@H](C(C)C)COc2ccccc2C1=O. The molecule has 1 heterocycles. The highest BCUT2D eigenvalue weighted by Crippen LogP contribution is 2.27. The highest BCUT2D eigenvalue weighted by atomic mass is 32.2. The Bertz CT molecular complexity index is 1040. The van der Waals surface area contributed by atoms with Crippen molar-refractivity contribution >= 4 is 15.9 Å². The van der Waals surface area contributed by atoms with Crippen LogP contribution in [0.3, 0.4) is 0 Å². The third-order valence-electron chi connectivity index (χ3n) is 5.82. The molecule has 0 saturated carbocycles. The fraction of sp³-hybridized carbons (Fsp3) is 0.458. The number of sulfonamides is 1. The number of amides is 1. The molecule has 0 radical (unpaired) electrons. The van der Waals surface area contributed by atoms with Crippen LogP contribution < -0.4 is 4.74 Å². The van der Waals surface area contributed by atoms with Gasteiger partial charge in [-0.1, -0.05) is 38.1 Å². The van der Waals surface area contributed by atoms with Gasteiger partial charge in [-0.05, 0) is 49.9 Å². The van der Waals surface area contributed by atoms with Crippen LogP contribution in [0.2, 0.25) is 0 Å². The molecule has 1 aliphatic rings. The summed E-state index contributed by atoms with van der Waals surface area (Å²) in [7, 11) is -4.08. The van der Waals surface area contributed by atoms with Crippen molar-refractivity contribution in [1.29, 1.82) is 0 Å². The van der Waals surface area contributed by atoms with Gasteiger partial charge in [-0.2, -0.15) is 4.31 Å². The normalized spacial score (nSPS) is 19.1. The van der Waals surface area contributed by atoms with Crippen LogP contribution in [0.5, 0.6) is 5.75 Å². The number of hydrogen-bond acceptors (Lipinski definition) is 4. The van der Waals surface area contributed by atoms with Crippen molar-refractivity contribution in [3.63, 3.8) is 0 Å². The minimum Gasteiger partial charge on any atom is -0.491 e. The Balaban J connectivity index is 2.03. The molecule has 0 bridgehead atoms. The molecule has 174 valence electrons. The van der Waals surface area contributed by atoms with Crippen LogP contribution in [0, 0.1) is 11.7 Å². The average molecular weight is 463 g/mol. The summed E-state index contributed by atoms with van der Waals surface area (Å²) >= 11 is 0. The number of para-hydroxylation sites is 1. The summed E-state index contributed by atoms with van der Waals surface area (Å²) in [5, 5.41) is 0. The minimum absolute atomic E-state index is 0.0573. The Labute approximate surface area is 190 Å². The van der Waals surface area contributed by atoms with E-state index in [1.807, 2.05) is 20.8 Å². The molecule has 2 aromatic carbocycles. The smallest absolute Gasteiger partial charge is 0.257 e. The Morgan fingerprint density at radius 2 is 1.72 bits per heavy atom. The van der Waals surface area contributed by atoms with Crippen LogP contribution >= 0.6 is 0 Å². The molecule has 0 saturated heterocycles. The van der Waals surface area contributed by atoms with E-state index in [1.165, 1.54) is 22.5 Å². The third kappa shape index (κ3) is 5.13. The van der Waals surface area contributed by atoms with Gasteiger partial charge in [0.15, 0.2) is 0 Å². The van der Waals surface area contributed by atoms with Crippen molar-refractivity contribution in [3.8, 4) is 5.75 Å². The second-order valence-corrected chi connectivity index (χ2v) is 10.1. The number of halogens is 1. The molecule has 0 unspecified atom stereocenters. The Kier molecular flexibility index (Phi) is 7.90. The van der Waals surface area contributed by atoms with Gasteiger partial charge in [0.2, 0.25) is 10.0 Å². The van der Waals surface area contributed by atoms with E-state index < -0.39 is 21.9 Å². The third-order valence-corrected chi connectivity index (χ3v) is 7.77. The van der Waals surface area contributed by atoms with Crippen molar-refractivity contribution in [2.45, 2.75) is 44.6 Å². The summed E-state index contributed by atoms with van der Waals surface area (Å²) < 4.78 is 48.9. The maximum absolute atomic E-state index is 14.5. The van der Waals surface area contributed by atoms with E-state index in [-0.39, 0.29) is 29.9 Å². The predicted octanol–water partition coefficient (Wildman–Crippen LogP) is 4.18. The molecule has 6 nitrogen and oxygen atoms in total. The summed E-state index contributed by atoms with van der Waals surface area (Å²) in [6, 6.07) is 11.9. The zero-order valence-electron chi connectivity index (χ0n) is 18.8. The molecule has 1 amide bonds. The lowest BCUT2D eigenvalue weighted by molar-refractivity contribution is 0.0747. The van der Waals surface area contributed by atoms with Crippen LogP contribution in [-0.2, 0) is 10.0 Å². The van der Waals surface area contributed by atoms with Gasteiger partial charge in [0, 0.05) is 19.6 Å². The topological polar surface area (TPSA) is 66.9 Å². The van der Waals surface area contributed by atoms with Crippen LogP contribution in [0.1, 0.15) is 44.0 Å². The van der Waals surface area contributed by atoms with Crippen LogP contribution in [0.4, 0.5) is 4.39 Å². The zero-order chi connectivity index (χ0) is 23.3. The first-order valence-corrected chi connectivity index (χ1v) is 12.5. The quantitative estimate of drug-likeness (QED) is 0.684. The van der Waals surface area contributed by atoms with Crippen molar-refractivity contribution in [1.82, 2.24) is 9.21 Å². The number of hydrogen-bond donors (Lipinski definition) is 0. The molecule has 0 aromatic heterocycles. The van der Waals surface area contributed by atoms with Gasteiger partial charge in [0.1, 0.15) is 23.1 Å². The van der Waals surface area contributed by atoms with Crippen LogP contribution in [-0.4, -0.2) is 55.8 Å². The highest BCUT2D eigenvalue weighted by Gasteiger charge is 2.35. The van der Waals surface area contributed by atoms with Gasteiger partial charge in [0.05, 0.1) is 11.6 Å². The lowest BCUT2D eigenvalue weighted by Crippen LogP contribution is -2.47. The molecule has 0 fully saturated rings. The average Bonchev–Trinajstić information content (AvgIpc) is 2.76. The van der Waals surface area contributed by atoms with E-state index in [9.17, 15) is 17.6 Å². The van der Waals surface area contributed by atoms with Crippen molar-refractivity contribution in [2.24, 2.45) is 5.92 Å². The Hall–Kier alpha value is -2.45. The summed E-state index contributed by atoms with van der Waals surface area (Å²) in [4.78, 5) is 14.4. The molecular weight excluding hydrogens is 431 g/mol. The lowest BCUT2D eigenvalue weighted by Gasteiger charge is -2.34. The molecule has 1 atom stereocenters. The molecule has 0 aliphatic carbocycles. The van der Waals surface area contributed by atoms with Gasteiger partial charge >= 0.3 is 0 Å². The van der Waals surface area contributed by atoms with Gasteiger partial charge in [-0.3, -0.25) is 4.79 Å². The fourth-order valence-corrected chi connectivity index (χ4v) is 5.79. The maximum Gasteiger partial charge on any atom is 0.257 e. The van der Waals surface area contributed by atoms with Gasteiger partial charge < -0.3 is 9.64 Å². The van der Waals surface area contributed by atoms with Crippen LogP contribution in [0.15, 0.2) is 53.4 Å². The molecule has 3 rings (SSSR count). The van der Waals surface area contributed by atoms with E-state index in [1.54, 1.807) is 29.2 Å². The number of carbonyl (C=O) groups excluding carboxylic acids is 1. The van der Waals surface area contributed by atoms with Gasteiger partial charge in [-0.15, -0.1) is 0 Å². The summed E-state index contributed by atoms with van der Waals surface area (Å²) in [6.07, 6.45) is 1.18. The predicted molar refractivity (Wildman–Crippen MR) is 122 cm³/mol. The number of fused-ring (bicyclic) bond motifs is 1. The molecule has 2 aromatic rings. The van der Waals surface area contributed by atoms with E-state index in [2.05, 4.69) is 0 Å². The summed E-state index contributed by atoms with van der Waals surface area (Å²) in [5.74, 6) is -0.532. The minimum atomic E-state index is -4.08. The Morgan fingerprint density at radius 3 is 2.41 bits per heavy atom. The first kappa shape index (κ1) is 24.2. The molecule has 0 spiro atoms. The molecule has 0 N–H and O–H groups in total. The van der Waals surface area contributed by atoms with Crippen molar-refractivity contribution in [3.05, 3.63) is 59.9 Å². The first-order chi connectivity index (χ1) is 15.3. The highest BCUT2D eigenvalue weighted by molar-refractivity contribution is 7.89. The largest absolute Gasteiger partial charge is 0.491 e. The fourth-order valence-electron chi connectivity index (χ4n) is 3.94. The number of benzene rings is 2. The summed E-state index contributed by atoms with van der Waals surface area (Å²) in [5.41, 5.74) is 0.459. The van der Waals surface area contributed by atoms with E-state index in [0.717, 1.165) is 6.07 Å². The number of rotatable bonds is 4. The second-order valence-electron chi connectivity index (χ2n) is 8.26. The lowest BCUT2D eigenvalue weighted by atomic mass is 10.0. The monoisotopic (exact) mass is 462 g/mol. The second kappa shape index (κ2) is 10.4. The van der Waals surface area contributed by atoms with Crippen molar-refractivity contribution in [2.75, 3.05) is 26.2 Å². The van der Waals surface area contributed by atoms with Gasteiger partial charge in [-0.25, -0.2) is 12.8 Å².